The Morgan fingerprint density at radius 2 is 2.29 bits per heavy atom. The van der Waals surface area contributed by atoms with Crippen molar-refractivity contribution in [1.82, 2.24) is 25.0 Å². The summed E-state index contributed by atoms with van der Waals surface area (Å²) in [5.41, 5.74) is 6.41. The highest BCUT2D eigenvalue weighted by Gasteiger charge is 2.25. The summed E-state index contributed by atoms with van der Waals surface area (Å²) in [6.45, 7) is 4.52. The number of aryl methyl sites for hydroxylation is 1. The average molecular weight is 397 g/mol. The first-order valence-corrected chi connectivity index (χ1v) is 10.9. The third-order valence-electron chi connectivity index (χ3n) is 5.50. The van der Waals surface area contributed by atoms with E-state index in [9.17, 15) is 0 Å². The molecule has 7 nitrogen and oxygen atoms in total. The number of H-pyrrole nitrogens is 1. The van der Waals surface area contributed by atoms with Crippen LogP contribution in [0.4, 0.5) is 5.82 Å². The summed E-state index contributed by atoms with van der Waals surface area (Å²) in [5, 5.41) is 12.0. The fourth-order valence-corrected chi connectivity index (χ4v) is 4.92. The first-order chi connectivity index (χ1) is 13.7. The Kier molecular flexibility index (Phi) is 4.60. The number of anilines is 1. The monoisotopic (exact) mass is 396 g/mol. The Hall–Kier alpha value is -2.32. The maximum Gasteiger partial charge on any atom is 0.136 e. The van der Waals surface area contributed by atoms with Crippen LogP contribution >= 0.6 is 11.8 Å². The van der Waals surface area contributed by atoms with Crippen LogP contribution in [0.5, 0.6) is 0 Å². The third-order valence-corrected chi connectivity index (χ3v) is 6.40. The molecule has 2 aliphatic rings. The number of hydrogen-bond acceptors (Lipinski definition) is 6. The Labute approximate surface area is 168 Å². The molecule has 5 heterocycles. The van der Waals surface area contributed by atoms with Gasteiger partial charge in [0.05, 0.1) is 30.5 Å². The highest BCUT2D eigenvalue weighted by molar-refractivity contribution is 7.99. The number of hydrogen-bond donors (Lipinski definition) is 1. The van der Waals surface area contributed by atoms with E-state index in [2.05, 4.69) is 34.2 Å². The van der Waals surface area contributed by atoms with Crippen LogP contribution in [0.15, 0.2) is 24.4 Å². The number of thioether (sulfide) groups is 1. The number of pyridine rings is 1. The van der Waals surface area contributed by atoms with Gasteiger partial charge < -0.3 is 9.64 Å². The Morgan fingerprint density at radius 3 is 3.04 bits per heavy atom. The molecule has 0 bridgehead atoms. The van der Waals surface area contributed by atoms with E-state index in [-0.39, 0.29) is 0 Å². The maximum absolute atomic E-state index is 5.64. The van der Waals surface area contributed by atoms with Gasteiger partial charge in [0.2, 0.25) is 0 Å². The summed E-state index contributed by atoms with van der Waals surface area (Å²) in [6.07, 6.45) is 5.19. The van der Waals surface area contributed by atoms with E-state index in [4.69, 9.17) is 14.8 Å². The zero-order chi connectivity index (χ0) is 19.1. The van der Waals surface area contributed by atoms with E-state index in [1.54, 1.807) is 6.20 Å². The highest BCUT2D eigenvalue weighted by Crippen LogP contribution is 2.36. The van der Waals surface area contributed by atoms with Crippen molar-refractivity contribution in [3.05, 3.63) is 30.0 Å². The largest absolute Gasteiger partial charge is 0.377 e. The molecule has 0 radical (unpaired) electrons. The van der Waals surface area contributed by atoms with Crippen molar-refractivity contribution >= 4 is 34.2 Å². The molecule has 0 amide bonds. The smallest absolute Gasteiger partial charge is 0.136 e. The van der Waals surface area contributed by atoms with Crippen molar-refractivity contribution in [2.75, 3.05) is 36.2 Å². The number of allylic oxidation sites excluding steroid dienone is 1. The molecule has 1 N–H and O–H groups in total. The molecule has 2 aliphatic heterocycles. The number of fused-ring (bicyclic) bond motifs is 1. The summed E-state index contributed by atoms with van der Waals surface area (Å²) in [5.74, 6) is 3.23. The van der Waals surface area contributed by atoms with Gasteiger partial charge in [0.15, 0.2) is 0 Å². The van der Waals surface area contributed by atoms with E-state index >= 15 is 0 Å². The van der Waals surface area contributed by atoms with Gasteiger partial charge in [-0.3, -0.25) is 9.78 Å². The van der Waals surface area contributed by atoms with Crippen LogP contribution in [0.1, 0.15) is 18.9 Å². The Bertz CT molecular complexity index is 1030. The Morgan fingerprint density at radius 1 is 1.36 bits per heavy atom. The molecule has 0 spiro atoms. The average Bonchev–Trinajstić information content (AvgIpc) is 3.37. The van der Waals surface area contributed by atoms with Crippen LogP contribution in [0.2, 0.25) is 0 Å². The van der Waals surface area contributed by atoms with Crippen molar-refractivity contribution in [3.63, 3.8) is 0 Å². The van der Waals surface area contributed by atoms with E-state index < -0.39 is 0 Å². The van der Waals surface area contributed by atoms with E-state index in [0.29, 0.717) is 6.04 Å². The van der Waals surface area contributed by atoms with E-state index in [1.165, 1.54) is 11.1 Å². The summed E-state index contributed by atoms with van der Waals surface area (Å²) >= 11 is 1.98. The molecule has 0 saturated carbocycles. The second-order valence-electron chi connectivity index (χ2n) is 7.34. The van der Waals surface area contributed by atoms with Gasteiger partial charge in [0, 0.05) is 31.1 Å². The molecule has 8 heteroatoms. The van der Waals surface area contributed by atoms with Gasteiger partial charge in [-0.15, -0.1) is 0 Å². The number of aromatic nitrogens is 5. The fraction of sp³-hybridized carbons (Fsp3) is 0.450. The molecule has 3 aromatic heterocycles. The van der Waals surface area contributed by atoms with E-state index in [0.717, 1.165) is 65.9 Å². The molecule has 5 rings (SSSR count). The van der Waals surface area contributed by atoms with Gasteiger partial charge in [0.1, 0.15) is 17.0 Å². The van der Waals surface area contributed by atoms with Gasteiger partial charge in [-0.25, -0.2) is 4.98 Å². The van der Waals surface area contributed by atoms with Crippen LogP contribution < -0.4 is 4.90 Å². The van der Waals surface area contributed by atoms with Crippen molar-refractivity contribution in [2.45, 2.75) is 19.4 Å². The van der Waals surface area contributed by atoms with Gasteiger partial charge in [0.25, 0.3) is 0 Å². The summed E-state index contributed by atoms with van der Waals surface area (Å²) in [4.78, 5) is 7.44. The predicted octanol–water partition coefficient (Wildman–Crippen LogP) is 3.10. The number of nitrogens with zero attached hydrogens (tertiary/aromatic N) is 5. The normalized spacial score (nSPS) is 20.6. The summed E-state index contributed by atoms with van der Waals surface area (Å²) in [7, 11) is 2.00. The highest BCUT2D eigenvalue weighted by atomic mass is 32.2. The van der Waals surface area contributed by atoms with Crippen LogP contribution in [-0.4, -0.2) is 62.3 Å². The maximum atomic E-state index is 5.64. The number of aromatic amines is 1. The number of ether oxygens (including phenoxy) is 1. The molecule has 0 aromatic carbocycles. The molecular weight excluding hydrogens is 372 g/mol. The second-order valence-corrected chi connectivity index (χ2v) is 8.49. The van der Waals surface area contributed by atoms with Crippen LogP contribution in [0.25, 0.3) is 28.0 Å². The molecule has 1 fully saturated rings. The Balaban J connectivity index is 1.75. The van der Waals surface area contributed by atoms with Gasteiger partial charge in [-0.1, -0.05) is 6.08 Å². The molecule has 0 aliphatic carbocycles. The SMILES string of the molecule is C[C@@H]1COCCN1c1cc(C2=CCSCC2)c2c(n1)c(-c1ccn[nH]1)nn2C. The first-order valence-electron chi connectivity index (χ1n) is 9.71. The minimum Gasteiger partial charge on any atom is -0.377 e. The number of rotatable bonds is 3. The quantitative estimate of drug-likeness (QED) is 0.733. The lowest BCUT2D eigenvalue weighted by Gasteiger charge is -2.34. The zero-order valence-electron chi connectivity index (χ0n) is 16.2. The van der Waals surface area contributed by atoms with Gasteiger partial charge in [-0.2, -0.15) is 22.0 Å². The fourth-order valence-electron chi connectivity index (χ4n) is 4.07. The number of morpholine rings is 1. The van der Waals surface area contributed by atoms with Gasteiger partial charge in [-0.05, 0) is 36.8 Å². The molecule has 28 heavy (non-hydrogen) atoms. The molecule has 0 unspecified atom stereocenters. The third kappa shape index (κ3) is 3.00. The van der Waals surface area contributed by atoms with Crippen LogP contribution in [-0.2, 0) is 11.8 Å². The van der Waals surface area contributed by atoms with Crippen molar-refractivity contribution in [2.24, 2.45) is 7.05 Å². The number of nitrogens with one attached hydrogen (secondary N) is 1. The van der Waals surface area contributed by atoms with Crippen molar-refractivity contribution < 1.29 is 4.74 Å². The van der Waals surface area contributed by atoms with Crippen LogP contribution in [0, 0.1) is 0 Å². The van der Waals surface area contributed by atoms with Crippen LogP contribution in [0.3, 0.4) is 0 Å². The van der Waals surface area contributed by atoms with Gasteiger partial charge >= 0.3 is 0 Å². The minimum absolute atomic E-state index is 0.301. The lowest BCUT2D eigenvalue weighted by atomic mass is 10.0. The molecular formula is C20H24N6OS. The summed E-state index contributed by atoms with van der Waals surface area (Å²) < 4.78 is 7.60. The zero-order valence-corrected chi connectivity index (χ0v) is 17.0. The first kappa shape index (κ1) is 17.8. The molecule has 3 aromatic rings. The minimum atomic E-state index is 0.301. The lowest BCUT2D eigenvalue weighted by molar-refractivity contribution is 0.0985. The van der Waals surface area contributed by atoms with Crippen molar-refractivity contribution in [3.8, 4) is 11.4 Å². The standard InChI is InChI=1S/C20H24N6OS/c1-13-12-27-8-7-26(13)17-11-15(14-4-9-28-10-5-14)20-19(22-17)18(24-25(20)2)16-3-6-21-23-16/h3-4,6,11,13H,5,7-10,12H2,1-2H3,(H,21,23)/t13-/m1/s1. The summed E-state index contributed by atoms with van der Waals surface area (Å²) in [6, 6.07) is 4.50. The molecule has 1 atom stereocenters. The molecule has 1 saturated heterocycles. The van der Waals surface area contributed by atoms with E-state index in [1.807, 2.05) is 29.6 Å². The topological polar surface area (TPSA) is 71.9 Å². The molecule has 146 valence electrons. The second kappa shape index (κ2) is 7.25. The predicted molar refractivity (Wildman–Crippen MR) is 114 cm³/mol. The lowest BCUT2D eigenvalue weighted by Crippen LogP contribution is -2.44. The van der Waals surface area contributed by atoms with Crippen molar-refractivity contribution in [1.29, 1.82) is 0 Å².